The van der Waals surface area contributed by atoms with Crippen LogP contribution in [-0.4, -0.2) is 80.3 Å². The van der Waals surface area contributed by atoms with Gasteiger partial charge in [-0.15, -0.1) is 0 Å². The highest BCUT2D eigenvalue weighted by Gasteiger charge is 2.40. The van der Waals surface area contributed by atoms with E-state index < -0.39 is 17.6 Å². The molecular weight excluding hydrogens is 445 g/mol. The molecule has 0 spiro atoms. The molecule has 0 aromatic rings. The predicted octanol–water partition coefficient (Wildman–Crippen LogP) is 4.94. The second-order valence-corrected chi connectivity index (χ2v) is 14.0. The largest absolute Gasteiger partial charge is 0.501 e. The van der Waals surface area contributed by atoms with Gasteiger partial charge in [-0.3, -0.25) is 0 Å². The summed E-state index contributed by atoms with van der Waals surface area (Å²) in [5, 5.41) is 0. The fourth-order valence-electron chi connectivity index (χ4n) is 2.86. The monoisotopic (exact) mass is 488 g/mol. The summed E-state index contributed by atoms with van der Waals surface area (Å²) in [6.07, 6.45) is 1.19. The highest BCUT2D eigenvalue weighted by atomic mass is 32.2. The molecule has 0 saturated carbocycles. The van der Waals surface area contributed by atoms with Crippen molar-refractivity contribution in [3.05, 3.63) is 0 Å². The second-order valence-electron chi connectivity index (χ2n) is 6.04. The third-order valence-corrected chi connectivity index (χ3v) is 12.8. The Kier molecular flexibility index (Phi) is 20.2. The maximum atomic E-state index is 5.91. The fraction of sp³-hybridized carbons (Fsp3) is 1.00. The van der Waals surface area contributed by atoms with E-state index in [0.29, 0.717) is 39.6 Å². The maximum absolute atomic E-state index is 5.91. The van der Waals surface area contributed by atoms with Crippen LogP contribution in [0.2, 0.25) is 12.1 Å². The molecule has 0 aromatic heterocycles. The number of hydrogen-bond donors (Lipinski definition) is 0. The van der Waals surface area contributed by atoms with Crippen LogP contribution in [-0.2, 0) is 26.6 Å². The lowest BCUT2D eigenvalue weighted by Gasteiger charge is -2.28. The summed E-state index contributed by atoms with van der Waals surface area (Å²) in [5.41, 5.74) is 0. The molecule has 0 saturated heterocycles. The first kappa shape index (κ1) is 29.9. The van der Waals surface area contributed by atoms with Gasteiger partial charge < -0.3 is 26.6 Å². The Bertz CT molecular complexity index is 304. The molecule has 0 aliphatic heterocycles. The van der Waals surface area contributed by atoms with Crippen LogP contribution in [0.5, 0.6) is 0 Å². The van der Waals surface area contributed by atoms with E-state index in [2.05, 4.69) is 0 Å². The maximum Gasteiger partial charge on any atom is 0.501 e. The molecule has 6 nitrogen and oxygen atoms in total. The number of hydrogen-bond acceptors (Lipinski definition) is 8. The van der Waals surface area contributed by atoms with Crippen LogP contribution < -0.4 is 0 Å². The van der Waals surface area contributed by atoms with Crippen molar-refractivity contribution < 1.29 is 26.6 Å². The molecule has 0 rings (SSSR count). The molecular formula is C19H44O6S2Si2. The van der Waals surface area contributed by atoms with Crippen molar-refractivity contribution in [2.45, 2.75) is 60.1 Å². The van der Waals surface area contributed by atoms with E-state index in [1.807, 2.05) is 65.1 Å². The highest BCUT2D eigenvalue weighted by Crippen LogP contribution is 2.22. The van der Waals surface area contributed by atoms with Crippen molar-refractivity contribution in [1.82, 2.24) is 0 Å². The molecule has 0 aliphatic rings. The van der Waals surface area contributed by atoms with Crippen molar-refractivity contribution in [3.63, 3.8) is 0 Å². The smallest absolute Gasteiger partial charge is 0.374 e. The molecule has 29 heavy (non-hydrogen) atoms. The van der Waals surface area contributed by atoms with Crippen LogP contribution in [0, 0.1) is 0 Å². The Morgan fingerprint density at radius 1 is 0.448 bits per heavy atom. The van der Waals surface area contributed by atoms with Gasteiger partial charge in [0.15, 0.2) is 0 Å². The normalized spacial score (nSPS) is 12.6. The quantitative estimate of drug-likeness (QED) is 0.157. The van der Waals surface area contributed by atoms with Crippen LogP contribution in [0.3, 0.4) is 0 Å². The van der Waals surface area contributed by atoms with Gasteiger partial charge >= 0.3 is 17.6 Å². The summed E-state index contributed by atoms with van der Waals surface area (Å²) in [4.78, 5) is 0. The van der Waals surface area contributed by atoms with Gasteiger partial charge in [-0.2, -0.15) is 23.5 Å². The molecule has 0 bridgehead atoms. The van der Waals surface area contributed by atoms with E-state index in [-0.39, 0.29) is 0 Å². The molecule has 0 fully saturated rings. The van der Waals surface area contributed by atoms with Crippen LogP contribution >= 0.6 is 23.5 Å². The lowest BCUT2D eigenvalue weighted by atomic mass is 10.6. The highest BCUT2D eigenvalue weighted by molar-refractivity contribution is 8.00. The zero-order chi connectivity index (χ0) is 21.8. The summed E-state index contributed by atoms with van der Waals surface area (Å²) >= 11 is 3.92. The van der Waals surface area contributed by atoms with Gasteiger partial charge in [0.25, 0.3) is 0 Å². The molecule has 0 amide bonds. The SMILES string of the molecule is CCO[Si](CCSCCCSCC[Si](OCC)(OCC)OCC)(OCC)OCC. The average Bonchev–Trinajstić information content (AvgIpc) is 2.68. The zero-order valence-corrected chi connectivity index (χ0v) is 23.1. The average molecular weight is 489 g/mol. The summed E-state index contributed by atoms with van der Waals surface area (Å²) < 4.78 is 35.4. The minimum atomic E-state index is -2.48. The first-order valence-electron chi connectivity index (χ1n) is 11.1. The van der Waals surface area contributed by atoms with E-state index >= 15 is 0 Å². The molecule has 0 atom stereocenters. The van der Waals surface area contributed by atoms with Gasteiger partial charge in [0.05, 0.1) is 0 Å². The minimum Gasteiger partial charge on any atom is -0.374 e. The minimum absolute atomic E-state index is 0.642. The van der Waals surface area contributed by atoms with Crippen molar-refractivity contribution in [2.24, 2.45) is 0 Å². The third kappa shape index (κ3) is 13.8. The van der Waals surface area contributed by atoms with Gasteiger partial charge in [0.2, 0.25) is 0 Å². The third-order valence-electron chi connectivity index (χ3n) is 3.87. The van der Waals surface area contributed by atoms with Crippen LogP contribution in [0.1, 0.15) is 48.0 Å². The zero-order valence-electron chi connectivity index (χ0n) is 19.5. The molecule has 0 aromatic carbocycles. The first-order valence-corrected chi connectivity index (χ1v) is 17.2. The second kappa shape index (κ2) is 19.6. The van der Waals surface area contributed by atoms with E-state index in [4.69, 9.17) is 26.6 Å². The summed E-state index contributed by atoms with van der Waals surface area (Å²) in [6, 6.07) is 1.76. The lowest BCUT2D eigenvalue weighted by Crippen LogP contribution is -2.46. The van der Waals surface area contributed by atoms with E-state index in [1.54, 1.807) is 0 Å². The Hall–Kier alpha value is 0.894. The fourth-order valence-corrected chi connectivity index (χ4v) is 11.3. The molecule has 0 heterocycles. The Balaban J connectivity index is 4.05. The van der Waals surface area contributed by atoms with E-state index in [1.165, 1.54) is 6.42 Å². The summed E-state index contributed by atoms with van der Waals surface area (Å²) in [7, 11) is -4.97. The standard InChI is InChI=1S/C19H44O6S2Si2/c1-7-20-28(21-8-2,22-9-3)18-16-26-14-13-15-27-17-19-29(23-10-4,24-11-5)25-12-6/h7-19H2,1-6H3. The van der Waals surface area contributed by atoms with Crippen molar-refractivity contribution in [2.75, 3.05) is 62.7 Å². The first-order chi connectivity index (χ1) is 14.1. The van der Waals surface area contributed by atoms with Crippen molar-refractivity contribution >= 4 is 41.1 Å². The van der Waals surface area contributed by atoms with Crippen molar-refractivity contribution in [3.8, 4) is 0 Å². The Morgan fingerprint density at radius 2 is 0.724 bits per heavy atom. The van der Waals surface area contributed by atoms with Gasteiger partial charge in [-0.05, 0) is 71.0 Å². The van der Waals surface area contributed by atoms with E-state index in [0.717, 1.165) is 35.1 Å². The van der Waals surface area contributed by atoms with Crippen molar-refractivity contribution in [1.29, 1.82) is 0 Å². The topological polar surface area (TPSA) is 55.4 Å². The Labute approximate surface area is 190 Å². The summed E-state index contributed by atoms with van der Waals surface area (Å²) in [5.74, 6) is 4.33. The van der Waals surface area contributed by atoms with Gasteiger partial charge in [0, 0.05) is 51.7 Å². The number of rotatable bonds is 22. The van der Waals surface area contributed by atoms with Crippen LogP contribution in [0.25, 0.3) is 0 Å². The Morgan fingerprint density at radius 3 is 0.966 bits per heavy atom. The van der Waals surface area contributed by atoms with Gasteiger partial charge in [-0.25, -0.2) is 0 Å². The van der Waals surface area contributed by atoms with Gasteiger partial charge in [-0.1, -0.05) is 0 Å². The molecule has 10 heteroatoms. The van der Waals surface area contributed by atoms with Crippen LogP contribution in [0.4, 0.5) is 0 Å². The molecule has 0 N–H and O–H groups in total. The molecule has 0 radical (unpaired) electrons. The van der Waals surface area contributed by atoms with Crippen LogP contribution in [0.15, 0.2) is 0 Å². The molecule has 0 unspecified atom stereocenters. The summed E-state index contributed by atoms with van der Waals surface area (Å²) in [6.45, 7) is 15.9. The van der Waals surface area contributed by atoms with Gasteiger partial charge in [0.1, 0.15) is 0 Å². The molecule has 176 valence electrons. The lowest BCUT2D eigenvalue weighted by molar-refractivity contribution is 0.0720. The van der Waals surface area contributed by atoms with E-state index in [9.17, 15) is 0 Å². The molecule has 0 aliphatic carbocycles. The predicted molar refractivity (Wildman–Crippen MR) is 130 cm³/mol. The number of thioether (sulfide) groups is 2.